The van der Waals surface area contributed by atoms with Gasteiger partial charge in [-0.2, -0.15) is 0 Å². The first-order valence-corrected chi connectivity index (χ1v) is 13.3. The highest BCUT2D eigenvalue weighted by Gasteiger charge is 2.29. The molecule has 1 fully saturated rings. The molecule has 0 radical (unpaired) electrons. The van der Waals surface area contributed by atoms with E-state index in [9.17, 15) is 18.0 Å². The van der Waals surface area contributed by atoms with E-state index in [1.54, 1.807) is 22.8 Å². The lowest BCUT2D eigenvalue weighted by atomic mass is 10.0. The number of hydrogen-bond donors (Lipinski definition) is 1. The van der Waals surface area contributed by atoms with Gasteiger partial charge in [0.1, 0.15) is 0 Å². The molecule has 0 aliphatic carbocycles. The number of amides is 1. The molecule has 9 heteroatoms. The minimum Gasteiger partial charge on any atom is -0.352 e. The van der Waals surface area contributed by atoms with E-state index in [4.69, 9.17) is 0 Å². The normalized spacial score (nSPS) is 17.7. The van der Waals surface area contributed by atoms with Crippen LogP contribution < -0.4 is 10.9 Å². The van der Waals surface area contributed by atoms with Crippen molar-refractivity contribution >= 4 is 38.4 Å². The summed E-state index contributed by atoms with van der Waals surface area (Å²) in [5, 5.41) is 3.73. The van der Waals surface area contributed by atoms with Crippen LogP contribution in [0.3, 0.4) is 0 Å². The summed E-state index contributed by atoms with van der Waals surface area (Å²) in [7, 11) is -3.07. The Hall–Kier alpha value is -2.65. The molecule has 1 saturated heterocycles. The van der Waals surface area contributed by atoms with Gasteiger partial charge in [0.05, 0.1) is 33.8 Å². The Balaban J connectivity index is 1.69. The van der Waals surface area contributed by atoms with E-state index < -0.39 is 9.84 Å². The number of fused-ring (bicyclic) bond motifs is 1. The molecule has 0 bridgehead atoms. The molecule has 2 heterocycles. The van der Waals surface area contributed by atoms with Crippen LogP contribution in [-0.4, -0.2) is 47.2 Å². The predicted molar refractivity (Wildman–Crippen MR) is 127 cm³/mol. The highest BCUT2D eigenvalue weighted by molar-refractivity contribution is 7.99. The van der Waals surface area contributed by atoms with Crippen molar-refractivity contribution in [2.45, 2.75) is 37.4 Å². The van der Waals surface area contributed by atoms with Gasteiger partial charge in [-0.1, -0.05) is 55.9 Å². The summed E-state index contributed by atoms with van der Waals surface area (Å²) in [5.41, 5.74) is 2.14. The van der Waals surface area contributed by atoms with E-state index in [-0.39, 0.29) is 40.7 Å². The highest BCUT2D eigenvalue weighted by Crippen LogP contribution is 2.27. The van der Waals surface area contributed by atoms with Crippen LogP contribution >= 0.6 is 11.8 Å². The third kappa shape index (κ3) is 4.73. The number of nitrogens with zero attached hydrogens (tertiary/aromatic N) is 2. The number of rotatable bonds is 6. The Morgan fingerprint density at radius 1 is 1.19 bits per heavy atom. The van der Waals surface area contributed by atoms with Crippen molar-refractivity contribution in [2.75, 3.05) is 17.3 Å². The van der Waals surface area contributed by atoms with E-state index in [0.717, 1.165) is 11.3 Å². The average molecular weight is 472 g/mol. The van der Waals surface area contributed by atoms with Crippen LogP contribution in [-0.2, 0) is 14.6 Å². The molecule has 168 valence electrons. The van der Waals surface area contributed by atoms with Crippen molar-refractivity contribution in [1.29, 1.82) is 0 Å². The first-order chi connectivity index (χ1) is 15.2. The summed E-state index contributed by atoms with van der Waals surface area (Å²) in [5.74, 6) is 0.0243. The Bertz CT molecular complexity index is 1330. The smallest absolute Gasteiger partial charge is 0.266 e. The maximum atomic E-state index is 13.5. The van der Waals surface area contributed by atoms with Crippen molar-refractivity contribution in [1.82, 2.24) is 14.9 Å². The standard InChI is InChI=1S/C23H25N3O4S2/c1-15(2)17-7-4-6-10-20(17)26-22(28)18-8-3-5-9-19(18)25-23(26)31-13-21(27)24-16-11-12-32(29,30)14-16/h3-10,15-16H,11-14H2,1-2H3,(H,24,27)/t16-/m0/s1. The van der Waals surface area contributed by atoms with Crippen molar-refractivity contribution in [2.24, 2.45) is 0 Å². The molecule has 1 aromatic heterocycles. The minimum absolute atomic E-state index is 0.0237. The number of carbonyl (C=O) groups excluding carboxylic acids is 1. The van der Waals surface area contributed by atoms with E-state index in [0.29, 0.717) is 22.5 Å². The Kier molecular flexibility index (Phi) is 6.39. The molecule has 1 aliphatic heterocycles. The van der Waals surface area contributed by atoms with Crippen LogP contribution in [0.1, 0.15) is 31.7 Å². The first kappa shape index (κ1) is 22.5. The van der Waals surface area contributed by atoms with Crippen LogP contribution in [0, 0.1) is 0 Å². The molecule has 1 amide bonds. The molecule has 2 aromatic carbocycles. The lowest BCUT2D eigenvalue weighted by Crippen LogP contribution is -2.36. The number of thioether (sulfide) groups is 1. The highest BCUT2D eigenvalue weighted by atomic mass is 32.2. The van der Waals surface area contributed by atoms with E-state index in [1.807, 2.05) is 30.3 Å². The summed E-state index contributed by atoms with van der Waals surface area (Å²) >= 11 is 1.17. The van der Waals surface area contributed by atoms with E-state index >= 15 is 0 Å². The van der Waals surface area contributed by atoms with E-state index in [2.05, 4.69) is 24.1 Å². The molecule has 0 spiro atoms. The van der Waals surface area contributed by atoms with Gasteiger partial charge in [-0.3, -0.25) is 14.2 Å². The maximum absolute atomic E-state index is 13.5. The summed E-state index contributed by atoms with van der Waals surface area (Å²) in [6, 6.07) is 14.5. The van der Waals surface area contributed by atoms with E-state index in [1.165, 1.54) is 11.8 Å². The Morgan fingerprint density at radius 3 is 2.62 bits per heavy atom. The number of hydrogen-bond acceptors (Lipinski definition) is 6. The predicted octanol–water partition coefficient (Wildman–Crippen LogP) is 2.90. The second kappa shape index (κ2) is 9.07. The maximum Gasteiger partial charge on any atom is 0.266 e. The molecule has 3 aromatic rings. The van der Waals surface area contributed by atoms with Gasteiger partial charge in [-0.15, -0.1) is 0 Å². The number of aromatic nitrogens is 2. The van der Waals surface area contributed by atoms with Crippen LogP contribution in [0.2, 0.25) is 0 Å². The summed E-state index contributed by atoms with van der Waals surface area (Å²) in [4.78, 5) is 30.7. The van der Waals surface area contributed by atoms with Gasteiger partial charge < -0.3 is 5.32 Å². The number of nitrogens with one attached hydrogen (secondary N) is 1. The molecule has 1 N–H and O–H groups in total. The summed E-state index contributed by atoms with van der Waals surface area (Å²) < 4.78 is 24.9. The molecule has 4 rings (SSSR count). The molecular weight excluding hydrogens is 446 g/mol. The minimum atomic E-state index is -3.07. The van der Waals surface area contributed by atoms with Crippen molar-refractivity contribution in [3.8, 4) is 5.69 Å². The van der Waals surface area contributed by atoms with Crippen LogP contribution in [0.5, 0.6) is 0 Å². The van der Waals surface area contributed by atoms with Gasteiger partial charge in [-0.25, -0.2) is 13.4 Å². The number of sulfone groups is 1. The molecule has 1 atom stereocenters. The topological polar surface area (TPSA) is 98.1 Å². The molecule has 32 heavy (non-hydrogen) atoms. The average Bonchev–Trinajstić information content (AvgIpc) is 3.10. The fourth-order valence-electron chi connectivity index (χ4n) is 3.91. The summed E-state index contributed by atoms with van der Waals surface area (Å²) in [6.07, 6.45) is 0.430. The van der Waals surface area contributed by atoms with Crippen LogP contribution in [0.4, 0.5) is 0 Å². The van der Waals surface area contributed by atoms with Crippen LogP contribution in [0.15, 0.2) is 58.5 Å². The Morgan fingerprint density at radius 2 is 1.91 bits per heavy atom. The van der Waals surface area contributed by atoms with Crippen molar-refractivity contribution in [3.63, 3.8) is 0 Å². The molecular formula is C23H25N3O4S2. The van der Waals surface area contributed by atoms with Gasteiger partial charge in [0.15, 0.2) is 15.0 Å². The third-order valence-electron chi connectivity index (χ3n) is 5.47. The quantitative estimate of drug-likeness (QED) is 0.439. The first-order valence-electron chi connectivity index (χ1n) is 10.5. The molecule has 0 saturated carbocycles. The number of para-hydroxylation sites is 2. The number of carbonyl (C=O) groups is 1. The third-order valence-corrected chi connectivity index (χ3v) is 8.18. The largest absolute Gasteiger partial charge is 0.352 e. The van der Waals surface area contributed by atoms with Gasteiger partial charge in [-0.05, 0) is 36.1 Å². The second-order valence-electron chi connectivity index (χ2n) is 8.22. The fourth-order valence-corrected chi connectivity index (χ4v) is 6.40. The van der Waals surface area contributed by atoms with Crippen molar-refractivity contribution < 1.29 is 13.2 Å². The molecule has 7 nitrogen and oxygen atoms in total. The van der Waals surface area contributed by atoms with Gasteiger partial charge in [0.2, 0.25) is 5.91 Å². The van der Waals surface area contributed by atoms with Crippen molar-refractivity contribution in [3.05, 3.63) is 64.4 Å². The van der Waals surface area contributed by atoms with Gasteiger partial charge in [0.25, 0.3) is 5.56 Å². The van der Waals surface area contributed by atoms with Gasteiger partial charge in [0, 0.05) is 6.04 Å². The fraction of sp³-hybridized carbons (Fsp3) is 0.348. The Labute approximate surface area is 191 Å². The SMILES string of the molecule is CC(C)c1ccccc1-n1c(SCC(=O)N[C@H]2CCS(=O)(=O)C2)nc2ccccc2c1=O. The number of benzene rings is 2. The van der Waals surface area contributed by atoms with Crippen LogP contribution in [0.25, 0.3) is 16.6 Å². The zero-order chi connectivity index (χ0) is 22.9. The van der Waals surface area contributed by atoms with Gasteiger partial charge >= 0.3 is 0 Å². The lowest BCUT2D eigenvalue weighted by Gasteiger charge is -2.18. The zero-order valence-corrected chi connectivity index (χ0v) is 19.6. The molecule has 1 aliphatic rings. The second-order valence-corrected chi connectivity index (χ2v) is 11.4. The molecule has 0 unspecified atom stereocenters. The zero-order valence-electron chi connectivity index (χ0n) is 17.9. The summed E-state index contributed by atoms with van der Waals surface area (Å²) in [6.45, 7) is 4.13. The monoisotopic (exact) mass is 471 g/mol. The lowest BCUT2D eigenvalue weighted by molar-refractivity contribution is -0.119.